The molecule has 0 radical (unpaired) electrons. The number of hydrogen-bond acceptors (Lipinski definition) is 5. The second kappa shape index (κ2) is 7.04. The van der Waals surface area contributed by atoms with Crippen molar-refractivity contribution in [1.29, 1.82) is 0 Å². The van der Waals surface area contributed by atoms with Crippen LogP contribution in [0.1, 0.15) is 42.3 Å². The number of carbonyl (C=O) groups excluding carboxylic acids is 2. The van der Waals surface area contributed by atoms with Crippen LogP contribution in [-0.2, 0) is 9.53 Å². The van der Waals surface area contributed by atoms with Gasteiger partial charge in [-0.05, 0) is 43.8 Å². The van der Waals surface area contributed by atoms with Crippen molar-refractivity contribution in [1.82, 2.24) is 5.32 Å². The number of amides is 1. The van der Waals surface area contributed by atoms with Crippen molar-refractivity contribution >= 4 is 28.9 Å². The Morgan fingerprint density at radius 2 is 2.14 bits per heavy atom. The molecule has 0 aromatic carbocycles. The van der Waals surface area contributed by atoms with Gasteiger partial charge in [-0.1, -0.05) is 13.3 Å². The van der Waals surface area contributed by atoms with Crippen LogP contribution in [0, 0.1) is 5.41 Å². The first-order chi connectivity index (χ1) is 10.1. The van der Waals surface area contributed by atoms with Gasteiger partial charge in [0.25, 0.3) is 0 Å². The highest BCUT2D eigenvalue weighted by Crippen LogP contribution is 2.36. The van der Waals surface area contributed by atoms with Crippen LogP contribution in [0.25, 0.3) is 0 Å². The van der Waals surface area contributed by atoms with Crippen LogP contribution in [0.4, 0.5) is 5.69 Å². The highest BCUT2D eigenvalue weighted by Gasteiger charge is 2.39. The number of methoxy groups -OCH3 is 1. The second-order valence-electron chi connectivity index (χ2n) is 5.39. The lowest BCUT2D eigenvalue weighted by Gasteiger charge is -2.36. The van der Waals surface area contributed by atoms with Gasteiger partial charge in [0.15, 0.2) is 0 Å². The Labute approximate surface area is 129 Å². The van der Waals surface area contributed by atoms with E-state index in [0.717, 1.165) is 38.8 Å². The normalized spacial score (nSPS) is 17.2. The van der Waals surface area contributed by atoms with Gasteiger partial charge < -0.3 is 15.4 Å². The maximum Gasteiger partial charge on any atom is 0.350 e. The molecule has 1 amide bonds. The predicted molar refractivity (Wildman–Crippen MR) is 83.7 cm³/mol. The van der Waals surface area contributed by atoms with Crippen LogP contribution in [0.3, 0.4) is 0 Å². The van der Waals surface area contributed by atoms with E-state index in [0.29, 0.717) is 10.6 Å². The van der Waals surface area contributed by atoms with Crippen molar-refractivity contribution in [3.8, 4) is 0 Å². The zero-order chi connectivity index (χ0) is 15.3. The van der Waals surface area contributed by atoms with E-state index in [4.69, 9.17) is 4.74 Å². The molecule has 1 fully saturated rings. The standard InChI is InChI=1S/C15H22N2O3S/c1-3-5-15(6-8-16-9-7-15)14(19)17-11-4-10-21-12(11)13(18)20-2/h4,10,16H,3,5-9H2,1-2H3,(H,17,19). The Bertz CT molecular complexity index is 501. The van der Waals surface area contributed by atoms with Gasteiger partial charge in [-0.25, -0.2) is 4.79 Å². The van der Waals surface area contributed by atoms with E-state index in [1.165, 1.54) is 18.4 Å². The molecule has 0 atom stereocenters. The fourth-order valence-electron chi connectivity index (χ4n) is 2.89. The van der Waals surface area contributed by atoms with Gasteiger partial charge in [-0.2, -0.15) is 0 Å². The summed E-state index contributed by atoms with van der Waals surface area (Å²) in [5.41, 5.74) is 0.237. The van der Waals surface area contributed by atoms with E-state index < -0.39 is 5.97 Å². The highest BCUT2D eigenvalue weighted by atomic mass is 32.1. The molecule has 0 bridgehead atoms. The Hall–Kier alpha value is -1.40. The summed E-state index contributed by atoms with van der Waals surface area (Å²) in [6, 6.07) is 1.76. The Balaban J connectivity index is 2.15. The zero-order valence-corrected chi connectivity index (χ0v) is 13.3. The van der Waals surface area contributed by atoms with Crippen molar-refractivity contribution < 1.29 is 14.3 Å². The number of hydrogen-bond donors (Lipinski definition) is 2. The van der Waals surface area contributed by atoms with Gasteiger partial charge in [0.1, 0.15) is 4.88 Å². The average molecular weight is 310 g/mol. The first-order valence-electron chi connectivity index (χ1n) is 7.31. The van der Waals surface area contributed by atoms with Crippen LogP contribution in [0.15, 0.2) is 11.4 Å². The minimum Gasteiger partial charge on any atom is -0.465 e. The lowest BCUT2D eigenvalue weighted by atomic mass is 9.74. The first kappa shape index (κ1) is 16.0. The number of piperidine rings is 1. The predicted octanol–water partition coefficient (Wildman–Crippen LogP) is 2.64. The molecular weight excluding hydrogens is 288 g/mol. The van der Waals surface area contributed by atoms with E-state index in [-0.39, 0.29) is 11.3 Å². The van der Waals surface area contributed by atoms with Crippen molar-refractivity contribution in [2.75, 3.05) is 25.5 Å². The Morgan fingerprint density at radius 1 is 1.43 bits per heavy atom. The average Bonchev–Trinajstić information content (AvgIpc) is 2.96. The Kier molecular flexibility index (Phi) is 5.36. The molecule has 2 heterocycles. The number of ether oxygens (including phenoxy) is 1. The molecular formula is C15H22N2O3S. The van der Waals surface area contributed by atoms with Gasteiger partial charge in [-0.3, -0.25) is 4.79 Å². The lowest BCUT2D eigenvalue weighted by Crippen LogP contribution is -2.45. The topological polar surface area (TPSA) is 67.4 Å². The molecule has 0 aliphatic carbocycles. The molecule has 1 aliphatic heterocycles. The van der Waals surface area contributed by atoms with Gasteiger partial charge in [0.2, 0.25) is 5.91 Å². The van der Waals surface area contributed by atoms with Gasteiger partial charge in [0.05, 0.1) is 18.2 Å². The summed E-state index contributed by atoms with van der Waals surface area (Å²) in [6.07, 6.45) is 3.52. The lowest BCUT2D eigenvalue weighted by molar-refractivity contribution is -0.127. The zero-order valence-electron chi connectivity index (χ0n) is 12.5. The molecule has 1 aliphatic rings. The van der Waals surface area contributed by atoms with Crippen LogP contribution in [0.2, 0.25) is 0 Å². The molecule has 2 N–H and O–H groups in total. The Morgan fingerprint density at radius 3 is 2.76 bits per heavy atom. The fourth-order valence-corrected chi connectivity index (χ4v) is 3.65. The van der Waals surface area contributed by atoms with Crippen LogP contribution in [-0.4, -0.2) is 32.1 Å². The number of rotatable bonds is 5. The third-order valence-electron chi connectivity index (χ3n) is 4.06. The van der Waals surface area contributed by atoms with E-state index in [1.807, 2.05) is 0 Å². The van der Waals surface area contributed by atoms with Gasteiger partial charge in [0, 0.05) is 0 Å². The summed E-state index contributed by atoms with van der Waals surface area (Å²) in [5, 5.41) is 8.03. The fraction of sp³-hybridized carbons (Fsp3) is 0.600. The maximum atomic E-state index is 12.8. The molecule has 1 aromatic heterocycles. The first-order valence-corrected chi connectivity index (χ1v) is 8.19. The summed E-state index contributed by atoms with van der Waals surface area (Å²) < 4.78 is 4.75. The summed E-state index contributed by atoms with van der Waals surface area (Å²) in [7, 11) is 1.35. The van der Waals surface area contributed by atoms with E-state index >= 15 is 0 Å². The third kappa shape index (κ3) is 3.44. The maximum absolute atomic E-state index is 12.8. The quantitative estimate of drug-likeness (QED) is 0.821. The number of esters is 1. The number of carbonyl (C=O) groups is 2. The van der Waals surface area contributed by atoms with Gasteiger partial charge in [-0.15, -0.1) is 11.3 Å². The van der Waals surface area contributed by atoms with Crippen LogP contribution in [0.5, 0.6) is 0 Å². The van der Waals surface area contributed by atoms with Crippen LogP contribution < -0.4 is 10.6 Å². The van der Waals surface area contributed by atoms with Crippen molar-refractivity contribution in [3.63, 3.8) is 0 Å². The SMILES string of the molecule is CCCC1(C(=O)Nc2ccsc2C(=O)OC)CCNCC1. The van der Waals surface area contributed by atoms with Crippen molar-refractivity contribution in [2.45, 2.75) is 32.6 Å². The monoisotopic (exact) mass is 310 g/mol. The molecule has 0 saturated carbocycles. The number of anilines is 1. The number of nitrogens with one attached hydrogen (secondary N) is 2. The minimum atomic E-state index is -0.407. The number of thiophene rings is 1. The minimum absolute atomic E-state index is 0.0226. The van der Waals surface area contributed by atoms with E-state index in [9.17, 15) is 9.59 Å². The molecule has 5 nitrogen and oxygen atoms in total. The summed E-state index contributed by atoms with van der Waals surface area (Å²) in [4.78, 5) is 24.9. The molecule has 116 valence electrons. The molecule has 21 heavy (non-hydrogen) atoms. The summed E-state index contributed by atoms with van der Waals surface area (Å²) in [6.45, 7) is 3.82. The molecule has 0 spiro atoms. The highest BCUT2D eigenvalue weighted by molar-refractivity contribution is 7.12. The van der Waals surface area contributed by atoms with Crippen molar-refractivity contribution in [3.05, 3.63) is 16.3 Å². The van der Waals surface area contributed by atoms with E-state index in [1.54, 1.807) is 11.4 Å². The molecule has 6 heteroatoms. The molecule has 1 saturated heterocycles. The summed E-state index contributed by atoms with van der Waals surface area (Å²) in [5.74, 6) is -0.385. The molecule has 2 rings (SSSR count). The van der Waals surface area contributed by atoms with Crippen molar-refractivity contribution in [2.24, 2.45) is 5.41 Å². The molecule has 1 aromatic rings. The molecule has 0 unspecified atom stereocenters. The smallest absolute Gasteiger partial charge is 0.350 e. The van der Waals surface area contributed by atoms with Crippen LogP contribution >= 0.6 is 11.3 Å². The third-order valence-corrected chi connectivity index (χ3v) is 4.95. The largest absolute Gasteiger partial charge is 0.465 e. The second-order valence-corrected chi connectivity index (χ2v) is 6.31. The van der Waals surface area contributed by atoms with Gasteiger partial charge >= 0.3 is 5.97 Å². The summed E-state index contributed by atoms with van der Waals surface area (Å²) >= 11 is 1.28. The van der Waals surface area contributed by atoms with E-state index in [2.05, 4.69) is 17.6 Å².